The molecule has 0 saturated carbocycles. The van der Waals surface area contributed by atoms with Gasteiger partial charge in [0.2, 0.25) is 6.79 Å². The molecule has 1 aromatic carbocycles. The van der Waals surface area contributed by atoms with Gasteiger partial charge in [0.1, 0.15) is 6.10 Å². The molecule has 1 aromatic rings. The molecule has 0 spiro atoms. The molecule has 3 aliphatic heterocycles. The van der Waals surface area contributed by atoms with Gasteiger partial charge in [-0.05, 0) is 31.5 Å². The fourth-order valence-electron chi connectivity index (χ4n) is 3.57. The molecule has 23 heavy (non-hydrogen) atoms. The lowest BCUT2D eigenvalue weighted by molar-refractivity contribution is -0.153. The van der Waals surface area contributed by atoms with Crippen LogP contribution in [-0.2, 0) is 14.3 Å². The highest BCUT2D eigenvalue weighted by molar-refractivity contribution is 5.98. The van der Waals surface area contributed by atoms with Crippen molar-refractivity contribution in [3.63, 3.8) is 0 Å². The molecule has 3 heterocycles. The molecule has 4 aliphatic rings. The summed E-state index contributed by atoms with van der Waals surface area (Å²) < 4.78 is 22.4. The highest BCUT2D eigenvalue weighted by atomic mass is 16.8. The van der Waals surface area contributed by atoms with Crippen molar-refractivity contribution in [2.45, 2.75) is 37.9 Å². The van der Waals surface area contributed by atoms with Crippen LogP contribution in [0.1, 0.15) is 25.5 Å². The largest absolute Gasteiger partial charge is 0.454 e. The van der Waals surface area contributed by atoms with Crippen LogP contribution in [0, 0.1) is 0 Å². The molecule has 6 heteroatoms. The van der Waals surface area contributed by atoms with Gasteiger partial charge in [0.15, 0.2) is 29.2 Å². The highest BCUT2D eigenvalue weighted by Gasteiger charge is 2.54. The van der Waals surface area contributed by atoms with Crippen molar-refractivity contribution >= 4 is 5.78 Å². The summed E-state index contributed by atoms with van der Waals surface area (Å²) in [5.74, 6) is 0.845. The number of carbonyl (C=O) groups is 1. The molecule has 120 valence electrons. The summed E-state index contributed by atoms with van der Waals surface area (Å²) in [5, 5.41) is 0. The fourth-order valence-corrected chi connectivity index (χ4v) is 3.57. The van der Waals surface area contributed by atoms with Gasteiger partial charge in [-0.15, -0.1) is 0 Å². The predicted molar refractivity (Wildman–Crippen MR) is 78.9 cm³/mol. The van der Waals surface area contributed by atoms with E-state index in [2.05, 4.69) is 4.90 Å². The van der Waals surface area contributed by atoms with Gasteiger partial charge in [-0.3, -0.25) is 4.79 Å². The van der Waals surface area contributed by atoms with Gasteiger partial charge in [-0.25, -0.2) is 0 Å². The normalized spacial score (nSPS) is 33.0. The van der Waals surface area contributed by atoms with Crippen LogP contribution >= 0.6 is 0 Å². The summed E-state index contributed by atoms with van der Waals surface area (Å²) in [6, 6.07) is 6.24. The number of hydrogen-bond acceptors (Lipinski definition) is 6. The molecule has 1 aliphatic carbocycles. The average Bonchev–Trinajstić information content (AvgIpc) is 2.88. The Morgan fingerprint density at radius 2 is 1.91 bits per heavy atom. The molecule has 5 rings (SSSR count). The molecule has 3 atom stereocenters. The zero-order chi connectivity index (χ0) is 15.8. The molecule has 0 unspecified atom stereocenters. The smallest absolute Gasteiger partial charge is 0.231 e. The number of ether oxygens (including phenoxy) is 4. The monoisotopic (exact) mass is 315 g/mol. The maximum Gasteiger partial charge on any atom is 0.231 e. The fraction of sp³-hybridized carbons (Fsp3) is 0.471. The summed E-state index contributed by atoms with van der Waals surface area (Å²) in [4.78, 5) is 14.3. The summed E-state index contributed by atoms with van der Waals surface area (Å²) in [6.45, 7) is 4.82. The first-order chi connectivity index (χ1) is 11.0. The van der Waals surface area contributed by atoms with Crippen molar-refractivity contribution in [1.82, 2.24) is 4.90 Å². The minimum Gasteiger partial charge on any atom is -0.454 e. The summed E-state index contributed by atoms with van der Waals surface area (Å²) in [7, 11) is 0. The molecule has 0 bridgehead atoms. The van der Waals surface area contributed by atoms with Crippen molar-refractivity contribution in [2.24, 2.45) is 0 Å². The number of fused-ring (bicyclic) bond motifs is 2. The maximum atomic E-state index is 12.1. The van der Waals surface area contributed by atoms with Crippen LogP contribution in [0.15, 0.2) is 30.0 Å². The zero-order valence-corrected chi connectivity index (χ0v) is 12.9. The van der Waals surface area contributed by atoms with E-state index in [1.807, 2.05) is 32.0 Å². The quantitative estimate of drug-likeness (QED) is 0.775. The average molecular weight is 315 g/mol. The van der Waals surface area contributed by atoms with Crippen molar-refractivity contribution in [3.05, 3.63) is 35.5 Å². The van der Waals surface area contributed by atoms with Crippen LogP contribution < -0.4 is 9.47 Å². The van der Waals surface area contributed by atoms with Crippen LogP contribution in [0.4, 0.5) is 0 Å². The Balaban J connectivity index is 1.39. The number of hydrogen-bond donors (Lipinski definition) is 0. The molecular weight excluding hydrogens is 298 g/mol. The number of benzene rings is 1. The van der Waals surface area contributed by atoms with Crippen LogP contribution in [0.25, 0.3) is 0 Å². The second-order valence-corrected chi connectivity index (χ2v) is 6.73. The van der Waals surface area contributed by atoms with Crippen molar-refractivity contribution < 1.29 is 23.7 Å². The maximum absolute atomic E-state index is 12.1. The van der Waals surface area contributed by atoms with Gasteiger partial charge in [0, 0.05) is 12.6 Å². The van der Waals surface area contributed by atoms with Gasteiger partial charge < -0.3 is 23.8 Å². The first-order valence-corrected chi connectivity index (χ1v) is 7.79. The molecule has 2 saturated heterocycles. The van der Waals surface area contributed by atoms with E-state index in [-0.39, 0.29) is 24.7 Å². The van der Waals surface area contributed by atoms with E-state index in [1.54, 1.807) is 6.08 Å². The molecule has 2 fully saturated rings. The summed E-state index contributed by atoms with van der Waals surface area (Å²) in [5.41, 5.74) is 2.08. The van der Waals surface area contributed by atoms with Gasteiger partial charge >= 0.3 is 0 Å². The minimum atomic E-state index is -0.714. The summed E-state index contributed by atoms with van der Waals surface area (Å²) in [6.07, 6.45) is 0.867. The van der Waals surface area contributed by atoms with Crippen LogP contribution in [-0.4, -0.2) is 42.0 Å². The number of rotatable bonds is 2. The second-order valence-electron chi connectivity index (χ2n) is 6.73. The first kappa shape index (κ1) is 13.4. The Hall–Kier alpha value is -2.05. The van der Waals surface area contributed by atoms with E-state index >= 15 is 0 Å². The number of ketones is 1. The molecular formula is C17H17NO5. The third-order valence-electron chi connectivity index (χ3n) is 4.68. The van der Waals surface area contributed by atoms with Crippen molar-refractivity contribution in [3.8, 4) is 11.5 Å². The SMILES string of the molecule is CC1(C)O[C@@H]2C(=O)C=C(N3C[C@@H]3c3ccc4c(c3)OCO4)[C@@H]2O1. The number of carbonyl (C=O) groups excluding carboxylic acids is 1. The van der Waals surface area contributed by atoms with Gasteiger partial charge in [-0.1, -0.05) is 6.07 Å². The highest BCUT2D eigenvalue weighted by Crippen LogP contribution is 2.47. The Bertz CT molecular complexity index is 740. The first-order valence-electron chi connectivity index (χ1n) is 7.79. The Kier molecular flexibility index (Phi) is 2.49. The van der Waals surface area contributed by atoms with Gasteiger partial charge in [-0.2, -0.15) is 0 Å². The topological polar surface area (TPSA) is 57.0 Å². The molecule has 6 nitrogen and oxygen atoms in total. The molecule has 0 radical (unpaired) electrons. The van der Waals surface area contributed by atoms with E-state index in [4.69, 9.17) is 18.9 Å². The van der Waals surface area contributed by atoms with E-state index < -0.39 is 11.9 Å². The molecule has 0 amide bonds. The minimum absolute atomic E-state index is 0.00749. The van der Waals surface area contributed by atoms with Gasteiger partial charge in [0.25, 0.3) is 0 Å². The Morgan fingerprint density at radius 1 is 1.13 bits per heavy atom. The lowest BCUT2D eigenvalue weighted by Crippen LogP contribution is -2.26. The summed E-state index contributed by atoms with van der Waals surface area (Å²) >= 11 is 0. The standard InChI is InChI=1S/C17H17NO5/c1-17(2)22-15-10(6-12(19)16(15)23-17)18-7-11(18)9-3-4-13-14(5-9)21-8-20-13/h3-6,11,15-16H,7-8H2,1-2H3/t11-,15+,16-,18?/m1/s1. The third kappa shape index (κ3) is 1.98. The lowest BCUT2D eigenvalue weighted by atomic mass is 10.1. The Labute approximate surface area is 133 Å². The Morgan fingerprint density at radius 3 is 2.78 bits per heavy atom. The van der Waals surface area contributed by atoms with Gasteiger partial charge in [0.05, 0.1) is 11.7 Å². The van der Waals surface area contributed by atoms with Crippen LogP contribution in [0.5, 0.6) is 11.5 Å². The zero-order valence-electron chi connectivity index (χ0n) is 12.9. The lowest BCUT2D eigenvalue weighted by Gasteiger charge is -2.19. The van der Waals surface area contributed by atoms with Crippen LogP contribution in [0.3, 0.4) is 0 Å². The van der Waals surface area contributed by atoms with E-state index in [1.165, 1.54) is 0 Å². The van der Waals surface area contributed by atoms with Crippen molar-refractivity contribution in [2.75, 3.05) is 13.3 Å². The van der Waals surface area contributed by atoms with E-state index in [0.29, 0.717) is 0 Å². The van der Waals surface area contributed by atoms with E-state index in [9.17, 15) is 4.79 Å². The van der Waals surface area contributed by atoms with Crippen LogP contribution in [0.2, 0.25) is 0 Å². The second kappa shape index (κ2) is 4.27. The number of nitrogens with zero attached hydrogens (tertiary/aromatic N) is 1. The molecule has 0 aromatic heterocycles. The third-order valence-corrected chi connectivity index (χ3v) is 4.68. The van der Waals surface area contributed by atoms with Crippen molar-refractivity contribution in [1.29, 1.82) is 0 Å². The van der Waals surface area contributed by atoms with E-state index in [0.717, 1.165) is 29.3 Å². The predicted octanol–water partition coefficient (Wildman–Crippen LogP) is 1.76. The molecule has 0 N–H and O–H groups in total.